The number of nitrogens with zero attached hydrogens (tertiary/aromatic N) is 1. The quantitative estimate of drug-likeness (QED) is 0.284. The molecule has 0 aromatic heterocycles. The maximum atomic E-state index is 5.36. The third-order valence-electron chi connectivity index (χ3n) is 3.09. The number of hydrogen-bond donors (Lipinski definition) is 2. The number of ether oxygens (including phenoxy) is 1. The van der Waals surface area contributed by atoms with Gasteiger partial charge in [-0.25, -0.2) is 0 Å². The summed E-state index contributed by atoms with van der Waals surface area (Å²) in [5, 5.41) is 6.63. The Morgan fingerprint density at radius 2 is 2.09 bits per heavy atom. The van der Waals surface area contributed by atoms with E-state index in [1.165, 1.54) is 11.1 Å². The van der Waals surface area contributed by atoms with Crippen molar-refractivity contribution in [2.45, 2.75) is 20.3 Å². The number of aliphatic imine (C=N–C) groups is 1. The largest absolute Gasteiger partial charge is 0.496 e. The second-order valence-corrected chi connectivity index (χ2v) is 5.72. The Labute approximate surface area is 155 Å². The van der Waals surface area contributed by atoms with Crippen LogP contribution in [-0.2, 0) is 6.42 Å². The number of halogens is 1. The summed E-state index contributed by atoms with van der Waals surface area (Å²) in [5.74, 6) is 2.89. The van der Waals surface area contributed by atoms with E-state index in [1.807, 2.05) is 11.8 Å². The van der Waals surface area contributed by atoms with Crippen LogP contribution >= 0.6 is 35.7 Å². The Hall–Kier alpha value is -0.630. The minimum absolute atomic E-state index is 0. The van der Waals surface area contributed by atoms with E-state index < -0.39 is 0 Å². The topological polar surface area (TPSA) is 45.7 Å². The smallest absolute Gasteiger partial charge is 0.191 e. The molecule has 0 aliphatic carbocycles. The number of guanidine groups is 1. The van der Waals surface area contributed by atoms with Gasteiger partial charge >= 0.3 is 0 Å². The summed E-state index contributed by atoms with van der Waals surface area (Å²) >= 11 is 1.81. The maximum Gasteiger partial charge on any atom is 0.191 e. The first-order valence-corrected chi connectivity index (χ1v) is 8.75. The summed E-state index contributed by atoms with van der Waals surface area (Å²) in [6.45, 7) is 6.72. The van der Waals surface area contributed by atoms with Crippen molar-refractivity contribution in [2.75, 3.05) is 38.8 Å². The number of thioether (sulfide) groups is 1. The van der Waals surface area contributed by atoms with Crippen LogP contribution in [0.5, 0.6) is 5.75 Å². The molecule has 0 fully saturated rings. The molecule has 1 rings (SSSR count). The summed E-state index contributed by atoms with van der Waals surface area (Å²) in [6, 6.07) is 6.36. The average molecular weight is 437 g/mol. The monoisotopic (exact) mass is 437 g/mol. The lowest BCUT2D eigenvalue weighted by molar-refractivity contribution is 0.411. The van der Waals surface area contributed by atoms with Crippen molar-refractivity contribution in [3.8, 4) is 5.75 Å². The number of rotatable bonds is 8. The molecule has 0 unspecified atom stereocenters. The van der Waals surface area contributed by atoms with E-state index in [0.717, 1.165) is 43.5 Å². The Kier molecular flexibility index (Phi) is 12.5. The van der Waals surface area contributed by atoms with Gasteiger partial charge in [-0.2, -0.15) is 11.8 Å². The highest BCUT2D eigenvalue weighted by Gasteiger charge is 2.01. The Morgan fingerprint density at radius 3 is 2.73 bits per heavy atom. The summed E-state index contributed by atoms with van der Waals surface area (Å²) in [4.78, 5) is 4.53. The van der Waals surface area contributed by atoms with Gasteiger partial charge in [0.15, 0.2) is 5.96 Å². The summed E-state index contributed by atoms with van der Waals surface area (Å²) in [5.41, 5.74) is 2.44. The van der Waals surface area contributed by atoms with E-state index in [-0.39, 0.29) is 24.0 Å². The fraction of sp³-hybridized carbons (Fsp3) is 0.562. The molecule has 126 valence electrons. The highest BCUT2D eigenvalue weighted by molar-refractivity contribution is 14.0. The zero-order chi connectivity index (χ0) is 15.5. The zero-order valence-electron chi connectivity index (χ0n) is 13.9. The first-order chi connectivity index (χ1) is 10.2. The van der Waals surface area contributed by atoms with E-state index in [0.29, 0.717) is 0 Å². The number of hydrogen-bond acceptors (Lipinski definition) is 3. The molecule has 1 aromatic rings. The minimum Gasteiger partial charge on any atom is -0.496 e. The summed E-state index contributed by atoms with van der Waals surface area (Å²) in [6.07, 6.45) is 3.05. The van der Waals surface area contributed by atoms with Crippen LogP contribution in [0.3, 0.4) is 0 Å². The average Bonchev–Trinajstić information content (AvgIpc) is 2.49. The first-order valence-electron chi connectivity index (χ1n) is 7.35. The van der Waals surface area contributed by atoms with E-state index in [1.54, 1.807) is 7.11 Å². The van der Waals surface area contributed by atoms with Crippen LogP contribution in [0.25, 0.3) is 0 Å². The Bertz CT molecular complexity index is 455. The molecule has 22 heavy (non-hydrogen) atoms. The molecule has 1 aromatic carbocycles. The maximum absolute atomic E-state index is 5.36. The van der Waals surface area contributed by atoms with E-state index in [2.05, 4.69) is 53.9 Å². The minimum atomic E-state index is 0. The van der Waals surface area contributed by atoms with Crippen LogP contribution in [0.1, 0.15) is 18.1 Å². The van der Waals surface area contributed by atoms with E-state index in [9.17, 15) is 0 Å². The predicted molar refractivity (Wildman–Crippen MR) is 109 cm³/mol. The molecule has 0 saturated carbocycles. The van der Waals surface area contributed by atoms with Gasteiger partial charge in [-0.05, 0) is 43.7 Å². The van der Waals surface area contributed by atoms with Crippen molar-refractivity contribution in [3.63, 3.8) is 0 Å². The van der Waals surface area contributed by atoms with Crippen LogP contribution in [-0.4, -0.2) is 44.7 Å². The van der Waals surface area contributed by atoms with Crippen molar-refractivity contribution in [1.29, 1.82) is 0 Å². The van der Waals surface area contributed by atoms with Crippen molar-refractivity contribution in [2.24, 2.45) is 4.99 Å². The van der Waals surface area contributed by atoms with Gasteiger partial charge in [0.1, 0.15) is 5.75 Å². The Balaban J connectivity index is 0.00000441. The second kappa shape index (κ2) is 12.9. The lowest BCUT2D eigenvalue weighted by Gasteiger charge is -2.12. The predicted octanol–water partition coefficient (Wildman–Crippen LogP) is 3.08. The fourth-order valence-electron chi connectivity index (χ4n) is 1.94. The van der Waals surface area contributed by atoms with Crippen molar-refractivity contribution >= 4 is 41.7 Å². The summed E-state index contributed by atoms with van der Waals surface area (Å²) < 4.78 is 5.36. The van der Waals surface area contributed by atoms with Gasteiger partial charge in [0.05, 0.1) is 13.7 Å². The zero-order valence-corrected chi connectivity index (χ0v) is 17.1. The Morgan fingerprint density at radius 1 is 1.32 bits per heavy atom. The van der Waals surface area contributed by atoms with Gasteiger partial charge in [0.25, 0.3) is 0 Å². The second-order valence-electron chi connectivity index (χ2n) is 4.73. The number of aryl methyl sites for hydroxylation is 1. The van der Waals surface area contributed by atoms with Gasteiger partial charge in [-0.15, -0.1) is 24.0 Å². The fourth-order valence-corrected chi connectivity index (χ4v) is 2.21. The van der Waals surface area contributed by atoms with Crippen molar-refractivity contribution in [3.05, 3.63) is 29.3 Å². The van der Waals surface area contributed by atoms with Gasteiger partial charge in [0.2, 0.25) is 0 Å². The molecule has 0 spiro atoms. The summed E-state index contributed by atoms with van der Waals surface area (Å²) in [7, 11) is 1.71. The third kappa shape index (κ3) is 8.12. The van der Waals surface area contributed by atoms with Crippen LogP contribution in [0, 0.1) is 6.92 Å². The van der Waals surface area contributed by atoms with Crippen molar-refractivity contribution in [1.82, 2.24) is 10.6 Å². The van der Waals surface area contributed by atoms with Crippen molar-refractivity contribution < 1.29 is 4.74 Å². The van der Waals surface area contributed by atoms with Gasteiger partial charge in [-0.3, -0.25) is 4.99 Å². The number of benzene rings is 1. The molecule has 0 atom stereocenters. The van der Waals surface area contributed by atoms with Crippen LogP contribution in [0.2, 0.25) is 0 Å². The molecule has 0 heterocycles. The third-order valence-corrected chi connectivity index (χ3v) is 3.68. The number of nitrogens with one attached hydrogen (secondary N) is 2. The molecule has 0 saturated heterocycles. The molecule has 0 bridgehead atoms. The molecular formula is C16H28IN3OS. The molecule has 6 heteroatoms. The standard InChI is InChI=1S/C16H27N3OS.HI/c1-5-17-16(19-10-11-21-4)18-9-8-14-7-6-13(2)15(12-14)20-3;/h6-7,12H,5,8-11H2,1-4H3,(H2,17,18,19);1H. The lowest BCUT2D eigenvalue weighted by Crippen LogP contribution is -2.38. The molecular weight excluding hydrogens is 409 g/mol. The highest BCUT2D eigenvalue weighted by atomic mass is 127. The molecule has 0 radical (unpaired) electrons. The lowest BCUT2D eigenvalue weighted by atomic mass is 10.1. The van der Waals surface area contributed by atoms with Crippen LogP contribution in [0.4, 0.5) is 0 Å². The SMILES string of the molecule is CCNC(=NCCSC)NCCc1ccc(C)c(OC)c1.I. The molecule has 4 nitrogen and oxygen atoms in total. The highest BCUT2D eigenvalue weighted by Crippen LogP contribution is 2.18. The van der Waals surface area contributed by atoms with E-state index in [4.69, 9.17) is 4.74 Å². The first kappa shape index (κ1) is 21.4. The van der Waals surface area contributed by atoms with Crippen LogP contribution < -0.4 is 15.4 Å². The molecule has 0 amide bonds. The van der Waals surface area contributed by atoms with E-state index >= 15 is 0 Å². The molecule has 2 N–H and O–H groups in total. The molecule has 0 aliphatic rings. The van der Waals surface area contributed by atoms with Gasteiger partial charge in [-0.1, -0.05) is 12.1 Å². The number of methoxy groups -OCH3 is 1. The van der Waals surface area contributed by atoms with Gasteiger partial charge in [0, 0.05) is 18.8 Å². The molecule has 0 aliphatic heterocycles. The van der Waals surface area contributed by atoms with Crippen LogP contribution in [0.15, 0.2) is 23.2 Å². The van der Waals surface area contributed by atoms with Gasteiger partial charge < -0.3 is 15.4 Å². The normalized spacial score (nSPS) is 10.8.